The van der Waals surface area contributed by atoms with E-state index in [1.54, 1.807) is 12.1 Å². The van der Waals surface area contributed by atoms with Gasteiger partial charge in [0, 0.05) is 32.4 Å². The molecule has 27 heavy (non-hydrogen) atoms. The van der Waals surface area contributed by atoms with Gasteiger partial charge < -0.3 is 25.8 Å². The van der Waals surface area contributed by atoms with Crippen LogP contribution in [0.2, 0.25) is 0 Å². The van der Waals surface area contributed by atoms with E-state index in [1.165, 1.54) is 7.11 Å². The SMILES string of the molecule is COCC[C@@H](NC(=O)OCc1ccccc1)C(=O)Nc1cccc(CN)c1. The fraction of sp³-hybridized carbons (Fsp3) is 0.300. The van der Waals surface area contributed by atoms with E-state index in [9.17, 15) is 9.59 Å². The van der Waals surface area contributed by atoms with Crippen LogP contribution in [-0.4, -0.2) is 31.8 Å². The number of ether oxygens (including phenoxy) is 2. The zero-order valence-corrected chi connectivity index (χ0v) is 15.3. The minimum Gasteiger partial charge on any atom is -0.445 e. The maximum absolute atomic E-state index is 12.6. The topological polar surface area (TPSA) is 103 Å². The molecule has 0 spiro atoms. The van der Waals surface area contributed by atoms with Crippen molar-refractivity contribution >= 4 is 17.7 Å². The lowest BCUT2D eigenvalue weighted by Gasteiger charge is -2.18. The van der Waals surface area contributed by atoms with Gasteiger partial charge in [-0.1, -0.05) is 42.5 Å². The van der Waals surface area contributed by atoms with Crippen LogP contribution < -0.4 is 16.4 Å². The zero-order valence-electron chi connectivity index (χ0n) is 15.3. The molecule has 0 heterocycles. The third-order valence-electron chi connectivity index (χ3n) is 3.86. The first kappa shape index (κ1) is 20.4. The first-order chi connectivity index (χ1) is 13.1. The number of hydrogen-bond donors (Lipinski definition) is 3. The molecule has 144 valence electrons. The van der Waals surface area contributed by atoms with E-state index >= 15 is 0 Å². The molecular formula is C20H25N3O4. The summed E-state index contributed by atoms with van der Waals surface area (Å²) in [5.74, 6) is -0.349. The summed E-state index contributed by atoms with van der Waals surface area (Å²) in [4.78, 5) is 24.6. The maximum atomic E-state index is 12.6. The van der Waals surface area contributed by atoms with Gasteiger partial charge in [0.1, 0.15) is 12.6 Å². The number of alkyl carbamates (subject to hydrolysis) is 1. The number of nitrogens with two attached hydrogens (primary N) is 1. The van der Waals surface area contributed by atoms with Crippen molar-refractivity contribution in [2.24, 2.45) is 5.73 Å². The Bertz CT molecular complexity index is 737. The van der Waals surface area contributed by atoms with Gasteiger partial charge in [0.15, 0.2) is 0 Å². The molecule has 0 radical (unpaired) electrons. The van der Waals surface area contributed by atoms with Crippen LogP contribution in [0.5, 0.6) is 0 Å². The van der Waals surface area contributed by atoms with Gasteiger partial charge in [0.05, 0.1) is 0 Å². The van der Waals surface area contributed by atoms with Crippen molar-refractivity contribution < 1.29 is 19.1 Å². The highest BCUT2D eigenvalue weighted by molar-refractivity contribution is 5.96. The fourth-order valence-electron chi connectivity index (χ4n) is 2.42. The molecule has 0 aromatic heterocycles. The van der Waals surface area contributed by atoms with Gasteiger partial charge in [-0.2, -0.15) is 0 Å². The molecule has 2 aromatic rings. The Morgan fingerprint density at radius 1 is 1.07 bits per heavy atom. The van der Waals surface area contributed by atoms with Crippen molar-refractivity contribution in [2.75, 3.05) is 19.0 Å². The largest absolute Gasteiger partial charge is 0.445 e. The summed E-state index contributed by atoms with van der Waals surface area (Å²) < 4.78 is 10.2. The standard InChI is InChI=1S/C20H25N3O4/c1-26-11-10-18(19(24)22-17-9-5-8-16(12-17)13-21)23-20(25)27-14-15-6-3-2-4-7-15/h2-9,12,18H,10-11,13-14,21H2,1H3,(H,22,24)(H,23,25)/t18-/m1/s1. The van der Waals surface area contributed by atoms with Crippen molar-refractivity contribution in [2.45, 2.75) is 25.6 Å². The van der Waals surface area contributed by atoms with Crippen LogP contribution in [0.25, 0.3) is 0 Å². The summed E-state index contributed by atoms with van der Waals surface area (Å²) >= 11 is 0. The minimum absolute atomic E-state index is 0.129. The molecule has 0 aliphatic carbocycles. The van der Waals surface area contributed by atoms with Gasteiger partial charge >= 0.3 is 6.09 Å². The average Bonchev–Trinajstić information content (AvgIpc) is 2.70. The summed E-state index contributed by atoms with van der Waals surface area (Å²) in [7, 11) is 1.54. The van der Waals surface area contributed by atoms with Crippen LogP contribution in [0.3, 0.4) is 0 Å². The number of nitrogens with one attached hydrogen (secondary N) is 2. The van der Waals surface area contributed by atoms with Gasteiger partial charge in [0.2, 0.25) is 5.91 Å². The highest BCUT2D eigenvalue weighted by Gasteiger charge is 2.21. The fourth-order valence-corrected chi connectivity index (χ4v) is 2.42. The second-order valence-corrected chi connectivity index (χ2v) is 5.93. The number of methoxy groups -OCH3 is 1. The summed E-state index contributed by atoms with van der Waals surface area (Å²) in [6.45, 7) is 0.824. The number of amides is 2. The van der Waals surface area contributed by atoms with E-state index in [0.717, 1.165) is 11.1 Å². The average molecular weight is 371 g/mol. The van der Waals surface area contributed by atoms with Crippen LogP contribution in [0, 0.1) is 0 Å². The normalized spacial score (nSPS) is 11.5. The number of carbonyl (C=O) groups excluding carboxylic acids is 2. The molecule has 0 unspecified atom stereocenters. The molecular weight excluding hydrogens is 346 g/mol. The molecule has 4 N–H and O–H groups in total. The molecule has 2 amide bonds. The Morgan fingerprint density at radius 3 is 2.52 bits per heavy atom. The molecule has 0 aliphatic rings. The zero-order chi connectivity index (χ0) is 19.5. The van der Waals surface area contributed by atoms with E-state index in [2.05, 4.69) is 10.6 Å². The lowest BCUT2D eigenvalue weighted by Crippen LogP contribution is -2.44. The van der Waals surface area contributed by atoms with Crippen molar-refractivity contribution in [3.63, 3.8) is 0 Å². The summed E-state index contributed by atoms with van der Waals surface area (Å²) in [6, 6.07) is 15.8. The molecule has 2 rings (SSSR count). The van der Waals surface area contributed by atoms with Crippen LogP contribution >= 0.6 is 0 Å². The number of benzene rings is 2. The number of rotatable bonds is 9. The number of anilines is 1. The van der Waals surface area contributed by atoms with Gasteiger partial charge in [-0.3, -0.25) is 4.79 Å². The van der Waals surface area contributed by atoms with Crippen LogP contribution in [-0.2, 0) is 27.4 Å². The summed E-state index contributed by atoms with van der Waals surface area (Å²) in [6.07, 6.45) is -0.342. The third-order valence-corrected chi connectivity index (χ3v) is 3.86. The molecule has 7 heteroatoms. The predicted octanol–water partition coefficient (Wildman–Crippen LogP) is 2.42. The van der Waals surface area contributed by atoms with Crippen LogP contribution in [0.15, 0.2) is 54.6 Å². The molecule has 2 aromatic carbocycles. The van der Waals surface area contributed by atoms with Gasteiger partial charge in [0.25, 0.3) is 0 Å². The summed E-state index contributed by atoms with van der Waals surface area (Å²) in [5, 5.41) is 5.38. The van der Waals surface area contributed by atoms with Gasteiger partial charge in [-0.15, -0.1) is 0 Å². The Hall–Kier alpha value is -2.90. The van der Waals surface area contributed by atoms with Crippen molar-refractivity contribution in [3.8, 4) is 0 Å². The lowest BCUT2D eigenvalue weighted by molar-refractivity contribution is -0.118. The van der Waals surface area contributed by atoms with E-state index in [1.807, 2.05) is 42.5 Å². The first-order valence-corrected chi connectivity index (χ1v) is 8.68. The smallest absolute Gasteiger partial charge is 0.408 e. The van der Waals surface area contributed by atoms with E-state index in [0.29, 0.717) is 25.3 Å². The Balaban J connectivity index is 1.93. The lowest BCUT2D eigenvalue weighted by atomic mass is 10.1. The maximum Gasteiger partial charge on any atom is 0.408 e. The molecule has 0 fully saturated rings. The van der Waals surface area contributed by atoms with Crippen molar-refractivity contribution in [1.82, 2.24) is 5.32 Å². The number of hydrogen-bond acceptors (Lipinski definition) is 5. The van der Waals surface area contributed by atoms with E-state index in [-0.39, 0.29) is 12.5 Å². The molecule has 1 atom stereocenters. The quantitative estimate of drug-likeness (QED) is 0.628. The highest BCUT2D eigenvalue weighted by Crippen LogP contribution is 2.11. The Morgan fingerprint density at radius 2 is 1.81 bits per heavy atom. The minimum atomic E-state index is -0.783. The third kappa shape index (κ3) is 7.08. The summed E-state index contributed by atoms with van der Waals surface area (Å²) in [5.41, 5.74) is 8.00. The van der Waals surface area contributed by atoms with Gasteiger partial charge in [-0.25, -0.2) is 4.79 Å². The molecule has 0 bridgehead atoms. The predicted molar refractivity (Wildman–Crippen MR) is 103 cm³/mol. The number of carbonyl (C=O) groups is 2. The Kier molecular flexibility index (Phi) is 8.28. The second kappa shape index (κ2) is 10.9. The molecule has 0 aliphatic heterocycles. The first-order valence-electron chi connectivity index (χ1n) is 8.68. The molecule has 0 saturated carbocycles. The van der Waals surface area contributed by atoms with E-state index in [4.69, 9.17) is 15.2 Å². The van der Waals surface area contributed by atoms with Crippen LogP contribution in [0.1, 0.15) is 17.5 Å². The van der Waals surface area contributed by atoms with Crippen LogP contribution in [0.4, 0.5) is 10.5 Å². The molecule has 7 nitrogen and oxygen atoms in total. The van der Waals surface area contributed by atoms with Crippen molar-refractivity contribution in [1.29, 1.82) is 0 Å². The second-order valence-electron chi connectivity index (χ2n) is 5.93. The van der Waals surface area contributed by atoms with Gasteiger partial charge in [-0.05, 0) is 23.3 Å². The highest BCUT2D eigenvalue weighted by atomic mass is 16.5. The van der Waals surface area contributed by atoms with Crippen molar-refractivity contribution in [3.05, 3.63) is 65.7 Å². The molecule has 0 saturated heterocycles. The monoisotopic (exact) mass is 371 g/mol. The van der Waals surface area contributed by atoms with E-state index < -0.39 is 12.1 Å². The Labute approximate surface area is 158 Å².